The molecule has 0 bridgehead atoms. The standard InChI is InChI=1S/C14H12Cl2N2O3S/c1-7-10(16)17-11(8-3-4-9(15)22-8)18-12(7)21-14(5-6-14)13(19)20-2/h3-4H,5-6H2,1-2H3. The van der Waals surface area contributed by atoms with Crippen molar-refractivity contribution in [2.24, 2.45) is 0 Å². The van der Waals surface area contributed by atoms with Crippen molar-refractivity contribution in [3.05, 3.63) is 27.2 Å². The van der Waals surface area contributed by atoms with Gasteiger partial charge in [0.15, 0.2) is 5.82 Å². The molecule has 2 heterocycles. The summed E-state index contributed by atoms with van der Waals surface area (Å²) in [5.41, 5.74) is -0.357. The third-order valence-electron chi connectivity index (χ3n) is 3.39. The molecule has 0 aromatic carbocycles. The number of rotatable bonds is 4. The molecule has 0 saturated heterocycles. The Bertz CT molecular complexity index is 744. The highest BCUT2D eigenvalue weighted by atomic mass is 35.5. The quantitative estimate of drug-likeness (QED) is 0.612. The fourth-order valence-corrected chi connectivity index (χ4v) is 3.08. The van der Waals surface area contributed by atoms with Crippen molar-refractivity contribution in [1.29, 1.82) is 0 Å². The number of halogens is 2. The average molecular weight is 359 g/mol. The Hall–Kier alpha value is -1.37. The fraction of sp³-hybridized carbons (Fsp3) is 0.357. The average Bonchev–Trinajstić information content (AvgIpc) is 3.15. The monoisotopic (exact) mass is 358 g/mol. The van der Waals surface area contributed by atoms with Crippen LogP contribution in [-0.4, -0.2) is 28.6 Å². The van der Waals surface area contributed by atoms with Crippen LogP contribution in [0.3, 0.4) is 0 Å². The second-order valence-electron chi connectivity index (χ2n) is 4.96. The van der Waals surface area contributed by atoms with Crippen molar-refractivity contribution >= 4 is 40.5 Å². The lowest BCUT2D eigenvalue weighted by Crippen LogP contribution is -2.31. The summed E-state index contributed by atoms with van der Waals surface area (Å²) in [6, 6.07) is 3.57. The number of carbonyl (C=O) groups excluding carboxylic acids is 1. The lowest BCUT2D eigenvalue weighted by Gasteiger charge is -2.17. The Morgan fingerprint density at radius 2 is 2.05 bits per heavy atom. The van der Waals surface area contributed by atoms with Crippen LogP contribution in [-0.2, 0) is 9.53 Å². The summed E-state index contributed by atoms with van der Waals surface area (Å²) in [6.07, 6.45) is 1.20. The molecule has 8 heteroatoms. The van der Waals surface area contributed by atoms with Gasteiger partial charge in [0.1, 0.15) is 5.15 Å². The topological polar surface area (TPSA) is 61.3 Å². The van der Waals surface area contributed by atoms with Gasteiger partial charge in [-0.1, -0.05) is 23.2 Å². The van der Waals surface area contributed by atoms with Crippen LogP contribution in [0.4, 0.5) is 0 Å². The first kappa shape index (κ1) is 15.5. The Morgan fingerprint density at radius 1 is 1.32 bits per heavy atom. The molecule has 3 rings (SSSR count). The Labute approximate surface area is 141 Å². The minimum atomic E-state index is -0.943. The van der Waals surface area contributed by atoms with Crippen LogP contribution < -0.4 is 4.74 Å². The maximum Gasteiger partial charge on any atom is 0.350 e. The van der Waals surface area contributed by atoms with Gasteiger partial charge in [-0.2, -0.15) is 4.98 Å². The van der Waals surface area contributed by atoms with Gasteiger partial charge in [0.25, 0.3) is 0 Å². The molecule has 116 valence electrons. The number of methoxy groups -OCH3 is 1. The summed E-state index contributed by atoms with van der Waals surface area (Å²) < 4.78 is 11.2. The number of ether oxygens (including phenoxy) is 2. The predicted octanol–water partition coefficient (Wildman–Crippen LogP) is 3.90. The number of hydrogen-bond donors (Lipinski definition) is 0. The van der Waals surface area contributed by atoms with Gasteiger partial charge >= 0.3 is 5.97 Å². The van der Waals surface area contributed by atoms with Crippen LogP contribution in [0, 0.1) is 6.92 Å². The lowest BCUT2D eigenvalue weighted by molar-refractivity contribution is -0.151. The highest BCUT2D eigenvalue weighted by molar-refractivity contribution is 7.19. The molecule has 22 heavy (non-hydrogen) atoms. The van der Waals surface area contributed by atoms with E-state index in [0.717, 1.165) is 4.88 Å². The van der Waals surface area contributed by atoms with Crippen LogP contribution in [0.15, 0.2) is 12.1 Å². The molecule has 2 aromatic rings. The van der Waals surface area contributed by atoms with Crippen LogP contribution in [0.1, 0.15) is 18.4 Å². The van der Waals surface area contributed by atoms with Gasteiger partial charge < -0.3 is 9.47 Å². The SMILES string of the molecule is COC(=O)C1(Oc2nc(-c3ccc(Cl)s3)nc(Cl)c2C)CC1. The van der Waals surface area contributed by atoms with Crippen molar-refractivity contribution in [1.82, 2.24) is 9.97 Å². The number of aromatic nitrogens is 2. The summed E-state index contributed by atoms with van der Waals surface area (Å²) in [7, 11) is 1.34. The predicted molar refractivity (Wildman–Crippen MR) is 84.7 cm³/mol. The van der Waals surface area contributed by atoms with Crippen molar-refractivity contribution in [2.75, 3.05) is 7.11 Å². The highest BCUT2D eigenvalue weighted by Crippen LogP contribution is 2.42. The van der Waals surface area contributed by atoms with E-state index >= 15 is 0 Å². The molecule has 0 atom stereocenters. The van der Waals surface area contributed by atoms with E-state index in [1.807, 2.05) is 6.07 Å². The van der Waals surface area contributed by atoms with Crippen LogP contribution in [0.2, 0.25) is 9.49 Å². The van der Waals surface area contributed by atoms with Gasteiger partial charge in [-0.15, -0.1) is 11.3 Å². The molecule has 0 radical (unpaired) electrons. The third-order valence-corrected chi connectivity index (χ3v) is 4.98. The molecule has 1 aliphatic carbocycles. The first-order chi connectivity index (χ1) is 10.4. The van der Waals surface area contributed by atoms with E-state index < -0.39 is 11.6 Å². The fourth-order valence-electron chi connectivity index (χ4n) is 1.95. The highest BCUT2D eigenvalue weighted by Gasteiger charge is 2.55. The van der Waals surface area contributed by atoms with E-state index in [4.69, 9.17) is 32.7 Å². The van der Waals surface area contributed by atoms with E-state index in [1.165, 1.54) is 18.4 Å². The molecule has 0 spiro atoms. The van der Waals surface area contributed by atoms with Gasteiger partial charge in [-0.25, -0.2) is 9.78 Å². The molecule has 1 fully saturated rings. The number of carbonyl (C=O) groups is 1. The zero-order chi connectivity index (χ0) is 15.9. The zero-order valence-corrected chi connectivity index (χ0v) is 14.2. The maximum atomic E-state index is 11.8. The Morgan fingerprint density at radius 3 is 2.59 bits per heavy atom. The summed E-state index contributed by atoms with van der Waals surface area (Å²) in [4.78, 5) is 21.2. The molecule has 1 saturated carbocycles. The molecule has 0 N–H and O–H groups in total. The second kappa shape index (κ2) is 5.68. The minimum Gasteiger partial charge on any atom is -0.466 e. The van der Waals surface area contributed by atoms with Gasteiger partial charge in [0.05, 0.1) is 16.3 Å². The second-order valence-corrected chi connectivity index (χ2v) is 7.03. The number of thiophene rings is 1. The first-order valence-electron chi connectivity index (χ1n) is 6.52. The van der Waals surface area contributed by atoms with E-state index in [9.17, 15) is 4.79 Å². The van der Waals surface area contributed by atoms with Crippen molar-refractivity contribution < 1.29 is 14.3 Å². The largest absolute Gasteiger partial charge is 0.466 e. The summed E-state index contributed by atoms with van der Waals surface area (Å²) >= 11 is 13.4. The van der Waals surface area contributed by atoms with E-state index in [2.05, 4.69) is 9.97 Å². The van der Waals surface area contributed by atoms with Crippen molar-refractivity contribution in [3.63, 3.8) is 0 Å². The first-order valence-corrected chi connectivity index (χ1v) is 8.10. The van der Waals surface area contributed by atoms with E-state index in [0.29, 0.717) is 34.4 Å². The summed E-state index contributed by atoms with van der Waals surface area (Å²) in [5.74, 6) is 0.313. The van der Waals surface area contributed by atoms with Crippen LogP contribution >= 0.6 is 34.5 Å². The number of nitrogens with zero attached hydrogens (tertiary/aromatic N) is 2. The molecule has 0 unspecified atom stereocenters. The van der Waals surface area contributed by atoms with Gasteiger partial charge in [-0.05, 0) is 19.1 Å². The van der Waals surface area contributed by atoms with E-state index in [1.54, 1.807) is 13.0 Å². The summed E-state index contributed by atoms with van der Waals surface area (Å²) in [6.45, 7) is 1.75. The third kappa shape index (κ3) is 2.78. The van der Waals surface area contributed by atoms with E-state index in [-0.39, 0.29) is 5.15 Å². The smallest absolute Gasteiger partial charge is 0.350 e. The van der Waals surface area contributed by atoms with Gasteiger partial charge in [0.2, 0.25) is 11.5 Å². The van der Waals surface area contributed by atoms with Gasteiger partial charge in [-0.3, -0.25) is 0 Å². The van der Waals surface area contributed by atoms with Crippen molar-refractivity contribution in [3.8, 4) is 16.6 Å². The van der Waals surface area contributed by atoms with Crippen LogP contribution in [0.5, 0.6) is 5.88 Å². The summed E-state index contributed by atoms with van der Waals surface area (Å²) in [5, 5.41) is 0.283. The Balaban J connectivity index is 1.97. The number of esters is 1. The lowest BCUT2D eigenvalue weighted by atomic mass is 10.3. The number of hydrogen-bond acceptors (Lipinski definition) is 6. The molecular weight excluding hydrogens is 347 g/mol. The molecule has 2 aromatic heterocycles. The zero-order valence-electron chi connectivity index (χ0n) is 11.9. The minimum absolute atomic E-state index is 0.283. The Kier molecular flexibility index (Phi) is 4.01. The van der Waals surface area contributed by atoms with Crippen molar-refractivity contribution in [2.45, 2.75) is 25.4 Å². The maximum absolute atomic E-state index is 11.8. The molecule has 5 nitrogen and oxygen atoms in total. The molecule has 1 aliphatic rings. The molecule has 0 amide bonds. The molecule has 0 aliphatic heterocycles. The van der Waals surface area contributed by atoms with Crippen LogP contribution in [0.25, 0.3) is 10.7 Å². The normalized spacial score (nSPS) is 15.5. The van der Waals surface area contributed by atoms with Gasteiger partial charge in [0, 0.05) is 18.4 Å². The molecular formula is C14H12Cl2N2O3S.